The van der Waals surface area contributed by atoms with Gasteiger partial charge in [0.25, 0.3) is 0 Å². The van der Waals surface area contributed by atoms with Crippen molar-refractivity contribution in [2.75, 3.05) is 26.9 Å². The average Bonchev–Trinajstić information content (AvgIpc) is 2.83. The third kappa shape index (κ3) is 4.47. The summed E-state index contributed by atoms with van der Waals surface area (Å²) in [7, 11) is 1.68. The van der Waals surface area contributed by atoms with E-state index in [-0.39, 0.29) is 5.38 Å². The van der Waals surface area contributed by atoms with Gasteiger partial charge in [0.1, 0.15) is 0 Å². The summed E-state index contributed by atoms with van der Waals surface area (Å²) in [5, 5.41) is 4.77. The van der Waals surface area contributed by atoms with E-state index in [2.05, 4.69) is 25.5 Å². The summed E-state index contributed by atoms with van der Waals surface area (Å²) in [6, 6.07) is 0. The molecule has 0 radical (unpaired) electrons. The molecule has 20 heavy (non-hydrogen) atoms. The molecule has 1 aromatic heterocycles. The predicted octanol–water partition coefficient (Wildman–Crippen LogP) is 3.36. The quantitative estimate of drug-likeness (QED) is 0.491. The van der Waals surface area contributed by atoms with Gasteiger partial charge in [-0.3, -0.25) is 4.68 Å². The molecule has 0 amide bonds. The van der Waals surface area contributed by atoms with Crippen molar-refractivity contribution in [3.63, 3.8) is 0 Å². The number of alkyl halides is 1. The molecule has 0 aromatic carbocycles. The monoisotopic (exact) mass is 302 g/mol. The maximum Gasteiger partial charge on any atom is 0.0701 e. The molecule has 0 saturated carbocycles. The minimum atomic E-state index is 0.0584. The van der Waals surface area contributed by atoms with Gasteiger partial charge in [0, 0.05) is 18.4 Å². The minimum Gasteiger partial charge on any atom is -0.382 e. The van der Waals surface area contributed by atoms with Gasteiger partial charge in [-0.05, 0) is 19.3 Å². The highest BCUT2D eigenvalue weighted by molar-refractivity contribution is 6.20. The summed E-state index contributed by atoms with van der Waals surface area (Å²) in [5.74, 6) is 0. The highest BCUT2D eigenvalue weighted by Crippen LogP contribution is 2.31. The van der Waals surface area contributed by atoms with Gasteiger partial charge < -0.3 is 9.47 Å². The first kappa shape index (κ1) is 17.5. The number of aryl methyl sites for hydroxylation is 1. The molecule has 0 spiro atoms. The molecule has 1 rings (SSSR count). The van der Waals surface area contributed by atoms with Crippen molar-refractivity contribution in [1.29, 1.82) is 0 Å². The number of aromatic nitrogens is 2. The third-order valence-electron chi connectivity index (χ3n) is 3.40. The van der Waals surface area contributed by atoms with Crippen molar-refractivity contribution in [3.8, 4) is 0 Å². The van der Waals surface area contributed by atoms with E-state index in [1.807, 2.05) is 0 Å². The lowest BCUT2D eigenvalue weighted by molar-refractivity contribution is 0.0651. The summed E-state index contributed by atoms with van der Waals surface area (Å²) in [4.78, 5) is 0. The lowest BCUT2D eigenvalue weighted by Crippen LogP contribution is -2.13. The Bertz CT molecular complexity index is 393. The van der Waals surface area contributed by atoms with E-state index >= 15 is 0 Å². The fourth-order valence-corrected chi connectivity index (χ4v) is 2.60. The van der Waals surface area contributed by atoms with Crippen LogP contribution in [0.15, 0.2) is 0 Å². The number of hydrogen-bond acceptors (Lipinski definition) is 3. The zero-order chi connectivity index (χ0) is 15.0. The third-order valence-corrected chi connectivity index (χ3v) is 3.92. The normalized spacial score (nSPS) is 12.8. The topological polar surface area (TPSA) is 36.3 Å². The summed E-state index contributed by atoms with van der Waals surface area (Å²) in [6.45, 7) is 9.07. The van der Waals surface area contributed by atoms with Crippen LogP contribution in [-0.2, 0) is 28.9 Å². The van der Waals surface area contributed by atoms with Crippen molar-refractivity contribution in [1.82, 2.24) is 9.78 Å². The van der Waals surface area contributed by atoms with Gasteiger partial charge in [-0.25, -0.2) is 0 Å². The van der Waals surface area contributed by atoms with Gasteiger partial charge in [0.05, 0.1) is 37.4 Å². The minimum absolute atomic E-state index is 0.0584. The molecule has 116 valence electrons. The van der Waals surface area contributed by atoms with Gasteiger partial charge in [-0.2, -0.15) is 5.10 Å². The van der Waals surface area contributed by atoms with Crippen molar-refractivity contribution in [3.05, 3.63) is 17.0 Å². The standard InChI is InChI=1S/C15H27ClN2O2/c1-5-12(16)15-13(6-2)17-18(14(15)7-3)8-9-20-11-10-19-4/h12H,5-11H2,1-4H3. The Labute approximate surface area is 127 Å². The van der Waals surface area contributed by atoms with Gasteiger partial charge in [0.15, 0.2) is 0 Å². The fraction of sp³-hybridized carbons (Fsp3) is 0.800. The van der Waals surface area contributed by atoms with E-state index in [0.717, 1.165) is 31.5 Å². The Kier molecular flexibility index (Phi) is 8.19. The molecule has 1 atom stereocenters. The Hall–Kier alpha value is -0.580. The van der Waals surface area contributed by atoms with Crippen LogP contribution in [0.2, 0.25) is 0 Å². The van der Waals surface area contributed by atoms with Crippen LogP contribution in [0.25, 0.3) is 0 Å². The predicted molar refractivity (Wildman–Crippen MR) is 82.6 cm³/mol. The van der Waals surface area contributed by atoms with Crippen LogP contribution in [-0.4, -0.2) is 36.7 Å². The highest BCUT2D eigenvalue weighted by atomic mass is 35.5. The van der Waals surface area contributed by atoms with Crippen molar-refractivity contribution in [2.45, 2.75) is 52.0 Å². The van der Waals surface area contributed by atoms with Crippen LogP contribution < -0.4 is 0 Å². The van der Waals surface area contributed by atoms with E-state index in [0.29, 0.717) is 19.8 Å². The molecule has 0 saturated heterocycles. The van der Waals surface area contributed by atoms with E-state index in [1.54, 1.807) is 7.11 Å². The second kappa shape index (κ2) is 9.37. The molecule has 0 aliphatic rings. The highest BCUT2D eigenvalue weighted by Gasteiger charge is 2.20. The van der Waals surface area contributed by atoms with Crippen LogP contribution in [0, 0.1) is 0 Å². The number of rotatable bonds is 10. The number of ether oxygens (including phenoxy) is 2. The summed E-state index contributed by atoms with van der Waals surface area (Å²) in [6.07, 6.45) is 2.80. The van der Waals surface area contributed by atoms with Crippen LogP contribution in [0.3, 0.4) is 0 Å². The number of methoxy groups -OCH3 is 1. The smallest absolute Gasteiger partial charge is 0.0701 e. The van der Waals surface area contributed by atoms with E-state index in [1.165, 1.54) is 11.3 Å². The molecular formula is C15H27ClN2O2. The largest absolute Gasteiger partial charge is 0.382 e. The summed E-state index contributed by atoms with van der Waals surface area (Å²) < 4.78 is 12.6. The Morgan fingerprint density at radius 1 is 1.15 bits per heavy atom. The van der Waals surface area contributed by atoms with Crippen LogP contribution >= 0.6 is 11.6 Å². The van der Waals surface area contributed by atoms with Crippen LogP contribution in [0.5, 0.6) is 0 Å². The van der Waals surface area contributed by atoms with Gasteiger partial charge in [-0.15, -0.1) is 11.6 Å². The number of hydrogen-bond donors (Lipinski definition) is 0. The Morgan fingerprint density at radius 2 is 1.90 bits per heavy atom. The molecule has 0 N–H and O–H groups in total. The first-order chi connectivity index (χ1) is 9.69. The lowest BCUT2D eigenvalue weighted by atomic mass is 10.0. The molecule has 0 bridgehead atoms. The lowest BCUT2D eigenvalue weighted by Gasteiger charge is -2.11. The van der Waals surface area contributed by atoms with Crippen LogP contribution in [0.4, 0.5) is 0 Å². The maximum atomic E-state index is 6.47. The van der Waals surface area contributed by atoms with Crippen LogP contribution in [0.1, 0.15) is 49.5 Å². The molecule has 0 aliphatic heterocycles. The molecule has 0 aliphatic carbocycles. The van der Waals surface area contributed by atoms with Crippen molar-refractivity contribution < 1.29 is 9.47 Å². The van der Waals surface area contributed by atoms with E-state index < -0.39 is 0 Å². The maximum absolute atomic E-state index is 6.47. The summed E-state index contributed by atoms with van der Waals surface area (Å²) >= 11 is 6.47. The molecule has 5 heteroatoms. The fourth-order valence-electron chi connectivity index (χ4n) is 2.35. The molecular weight excluding hydrogens is 276 g/mol. The Morgan fingerprint density at radius 3 is 2.45 bits per heavy atom. The van der Waals surface area contributed by atoms with Gasteiger partial charge >= 0.3 is 0 Å². The molecule has 1 unspecified atom stereocenters. The SMILES string of the molecule is CCc1nn(CCOCCOC)c(CC)c1C(Cl)CC. The molecule has 1 heterocycles. The zero-order valence-electron chi connectivity index (χ0n) is 13.1. The zero-order valence-corrected chi connectivity index (χ0v) is 13.9. The van der Waals surface area contributed by atoms with Gasteiger partial charge in [-0.1, -0.05) is 20.8 Å². The second-order valence-corrected chi connectivity index (χ2v) is 5.25. The number of nitrogens with zero attached hydrogens (tertiary/aromatic N) is 2. The molecule has 0 fully saturated rings. The second-order valence-electron chi connectivity index (χ2n) is 4.72. The van der Waals surface area contributed by atoms with Crippen molar-refractivity contribution in [2.24, 2.45) is 0 Å². The van der Waals surface area contributed by atoms with Gasteiger partial charge in [0.2, 0.25) is 0 Å². The average molecular weight is 303 g/mol. The first-order valence-corrected chi connectivity index (χ1v) is 7.92. The number of halogens is 1. The molecule has 4 nitrogen and oxygen atoms in total. The Balaban J connectivity index is 2.77. The first-order valence-electron chi connectivity index (χ1n) is 7.48. The molecule has 1 aromatic rings. The van der Waals surface area contributed by atoms with E-state index in [9.17, 15) is 0 Å². The van der Waals surface area contributed by atoms with Crippen molar-refractivity contribution >= 4 is 11.6 Å². The summed E-state index contributed by atoms with van der Waals surface area (Å²) in [5.41, 5.74) is 3.61. The van der Waals surface area contributed by atoms with E-state index in [4.69, 9.17) is 26.2 Å².